The van der Waals surface area contributed by atoms with Gasteiger partial charge in [0.2, 0.25) is 0 Å². The molecule has 0 radical (unpaired) electrons. The molecule has 2 aromatic rings. The molecule has 0 saturated heterocycles. The Morgan fingerprint density at radius 3 is 2.78 bits per heavy atom. The van der Waals surface area contributed by atoms with Crippen molar-refractivity contribution in [2.24, 2.45) is 0 Å². The molecular formula is C15H13BrFN. The minimum atomic E-state index is -0.131. The van der Waals surface area contributed by atoms with Crippen molar-refractivity contribution < 1.29 is 4.39 Å². The van der Waals surface area contributed by atoms with Gasteiger partial charge >= 0.3 is 0 Å². The molecule has 1 N–H and O–H groups in total. The van der Waals surface area contributed by atoms with Gasteiger partial charge in [-0.3, -0.25) is 0 Å². The Hall–Kier alpha value is -1.35. The summed E-state index contributed by atoms with van der Waals surface area (Å²) in [7, 11) is 0. The fourth-order valence-electron chi connectivity index (χ4n) is 2.49. The predicted octanol–water partition coefficient (Wildman–Crippen LogP) is 4.69. The maximum Gasteiger partial charge on any atom is 0.128 e. The predicted molar refractivity (Wildman–Crippen MR) is 75.2 cm³/mol. The Morgan fingerprint density at radius 1 is 1.11 bits per heavy atom. The van der Waals surface area contributed by atoms with Gasteiger partial charge in [0.25, 0.3) is 0 Å². The fraction of sp³-hybridized carbons (Fsp3) is 0.200. The highest BCUT2D eigenvalue weighted by atomic mass is 79.9. The largest absolute Gasteiger partial charge is 0.378 e. The van der Waals surface area contributed by atoms with Crippen molar-refractivity contribution in [1.29, 1.82) is 0 Å². The van der Waals surface area contributed by atoms with E-state index in [1.165, 1.54) is 11.6 Å². The fourth-order valence-corrected chi connectivity index (χ4v) is 3.05. The molecule has 1 aliphatic rings. The van der Waals surface area contributed by atoms with Gasteiger partial charge in [-0.2, -0.15) is 0 Å². The summed E-state index contributed by atoms with van der Waals surface area (Å²) < 4.78 is 14.9. The Balaban J connectivity index is 1.94. The summed E-state index contributed by atoms with van der Waals surface area (Å²) in [6.45, 7) is 0. The van der Waals surface area contributed by atoms with E-state index in [1.807, 2.05) is 30.3 Å². The molecule has 1 heterocycles. The third kappa shape index (κ3) is 2.03. The summed E-state index contributed by atoms with van der Waals surface area (Å²) >= 11 is 3.56. The van der Waals surface area contributed by atoms with Crippen LogP contribution in [0.25, 0.3) is 0 Å². The lowest BCUT2D eigenvalue weighted by molar-refractivity contribution is 0.572. The van der Waals surface area contributed by atoms with E-state index in [4.69, 9.17) is 0 Å². The van der Waals surface area contributed by atoms with Crippen molar-refractivity contribution in [2.45, 2.75) is 18.9 Å². The highest BCUT2D eigenvalue weighted by Crippen LogP contribution is 2.36. The molecule has 92 valence electrons. The number of hydrogen-bond donors (Lipinski definition) is 1. The molecule has 0 amide bonds. The van der Waals surface area contributed by atoms with Gasteiger partial charge in [0, 0.05) is 15.7 Å². The normalized spacial score (nSPS) is 18.0. The van der Waals surface area contributed by atoms with Crippen LogP contribution < -0.4 is 5.32 Å². The molecule has 18 heavy (non-hydrogen) atoms. The molecule has 0 bridgehead atoms. The van der Waals surface area contributed by atoms with Gasteiger partial charge in [-0.25, -0.2) is 4.39 Å². The quantitative estimate of drug-likeness (QED) is 0.806. The van der Waals surface area contributed by atoms with Crippen molar-refractivity contribution in [3.8, 4) is 0 Å². The van der Waals surface area contributed by atoms with E-state index in [1.54, 1.807) is 6.07 Å². The number of nitrogens with one attached hydrogen (secondary N) is 1. The second-order valence-electron chi connectivity index (χ2n) is 4.52. The van der Waals surface area contributed by atoms with Gasteiger partial charge < -0.3 is 5.32 Å². The minimum absolute atomic E-state index is 0.0630. The number of anilines is 1. The highest BCUT2D eigenvalue weighted by molar-refractivity contribution is 9.10. The molecular weight excluding hydrogens is 293 g/mol. The molecule has 1 aliphatic heterocycles. The lowest BCUT2D eigenvalue weighted by atomic mass is 9.93. The molecule has 3 rings (SSSR count). The van der Waals surface area contributed by atoms with E-state index >= 15 is 0 Å². The zero-order valence-corrected chi connectivity index (χ0v) is 11.4. The van der Waals surface area contributed by atoms with E-state index in [0.717, 1.165) is 28.6 Å². The molecule has 1 nitrogen and oxygen atoms in total. The molecule has 1 unspecified atom stereocenters. The Morgan fingerprint density at radius 2 is 1.94 bits per heavy atom. The number of rotatable bonds is 1. The van der Waals surface area contributed by atoms with Gasteiger partial charge in [-0.05, 0) is 36.6 Å². The van der Waals surface area contributed by atoms with Crippen LogP contribution in [0, 0.1) is 5.82 Å². The van der Waals surface area contributed by atoms with Crippen molar-refractivity contribution in [3.05, 3.63) is 63.9 Å². The van der Waals surface area contributed by atoms with Crippen molar-refractivity contribution >= 4 is 21.6 Å². The Kier molecular flexibility index (Phi) is 3.08. The molecule has 0 aliphatic carbocycles. The lowest BCUT2D eigenvalue weighted by Gasteiger charge is -2.28. The molecule has 0 spiro atoms. The number of halogens is 2. The third-order valence-corrected chi connectivity index (χ3v) is 4.16. The average molecular weight is 306 g/mol. The first-order valence-corrected chi connectivity index (χ1v) is 6.83. The van der Waals surface area contributed by atoms with Crippen LogP contribution in [0.2, 0.25) is 0 Å². The van der Waals surface area contributed by atoms with E-state index in [-0.39, 0.29) is 11.9 Å². The lowest BCUT2D eigenvalue weighted by Crippen LogP contribution is -2.19. The number of benzene rings is 2. The summed E-state index contributed by atoms with van der Waals surface area (Å²) in [5, 5.41) is 3.42. The first-order chi connectivity index (χ1) is 8.75. The molecule has 2 aromatic carbocycles. The van der Waals surface area contributed by atoms with Gasteiger partial charge in [-0.15, -0.1) is 0 Å². The smallest absolute Gasteiger partial charge is 0.128 e. The van der Waals surface area contributed by atoms with Crippen LogP contribution in [0.3, 0.4) is 0 Å². The third-order valence-electron chi connectivity index (χ3n) is 3.41. The first kappa shape index (κ1) is 11.7. The summed E-state index contributed by atoms with van der Waals surface area (Å²) in [5.74, 6) is -0.131. The van der Waals surface area contributed by atoms with Crippen LogP contribution in [-0.4, -0.2) is 0 Å². The van der Waals surface area contributed by atoms with Crippen LogP contribution in [0.1, 0.15) is 23.6 Å². The Labute approximate surface area is 114 Å². The van der Waals surface area contributed by atoms with E-state index < -0.39 is 0 Å². The molecule has 0 saturated carbocycles. The second-order valence-corrected chi connectivity index (χ2v) is 5.38. The van der Waals surface area contributed by atoms with Crippen LogP contribution in [0.5, 0.6) is 0 Å². The van der Waals surface area contributed by atoms with Crippen LogP contribution in [0.4, 0.5) is 10.1 Å². The zero-order valence-electron chi connectivity index (χ0n) is 9.79. The minimum Gasteiger partial charge on any atom is -0.378 e. The second kappa shape index (κ2) is 4.73. The van der Waals surface area contributed by atoms with Gasteiger partial charge in [-0.1, -0.05) is 40.2 Å². The molecule has 1 atom stereocenters. The molecule has 3 heteroatoms. The first-order valence-electron chi connectivity index (χ1n) is 6.04. The zero-order chi connectivity index (χ0) is 12.5. The van der Waals surface area contributed by atoms with Crippen LogP contribution in [-0.2, 0) is 6.42 Å². The highest BCUT2D eigenvalue weighted by Gasteiger charge is 2.22. The maximum absolute atomic E-state index is 13.8. The summed E-state index contributed by atoms with van der Waals surface area (Å²) in [5.41, 5.74) is 3.14. The van der Waals surface area contributed by atoms with Gasteiger partial charge in [0.1, 0.15) is 5.82 Å². The molecule has 0 fully saturated rings. The number of hydrogen-bond acceptors (Lipinski definition) is 1. The summed E-state index contributed by atoms with van der Waals surface area (Å²) in [6.07, 6.45) is 1.87. The summed E-state index contributed by atoms with van der Waals surface area (Å²) in [6, 6.07) is 13.1. The average Bonchev–Trinajstić information content (AvgIpc) is 2.39. The summed E-state index contributed by atoms with van der Waals surface area (Å²) in [4.78, 5) is 0. The molecule has 0 aromatic heterocycles. The SMILES string of the molecule is Fc1ccccc1C1CCc2c(Br)cccc2N1. The monoisotopic (exact) mass is 305 g/mol. The van der Waals surface area contributed by atoms with Crippen molar-refractivity contribution in [2.75, 3.05) is 5.32 Å². The van der Waals surface area contributed by atoms with E-state index in [0.29, 0.717) is 0 Å². The van der Waals surface area contributed by atoms with E-state index in [9.17, 15) is 4.39 Å². The van der Waals surface area contributed by atoms with Gasteiger partial charge in [0.05, 0.1) is 6.04 Å². The topological polar surface area (TPSA) is 12.0 Å². The van der Waals surface area contributed by atoms with Gasteiger partial charge in [0.15, 0.2) is 0 Å². The van der Waals surface area contributed by atoms with Crippen LogP contribution in [0.15, 0.2) is 46.9 Å². The standard InChI is InChI=1S/C15H13BrFN/c16-12-5-3-7-14-10(12)8-9-15(18-14)11-4-1-2-6-13(11)17/h1-7,15,18H,8-9H2. The van der Waals surface area contributed by atoms with Crippen molar-refractivity contribution in [1.82, 2.24) is 0 Å². The van der Waals surface area contributed by atoms with Crippen molar-refractivity contribution in [3.63, 3.8) is 0 Å². The number of fused-ring (bicyclic) bond motifs is 1. The maximum atomic E-state index is 13.8. The van der Waals surface area contributed by atoms with E-state index in [2.05, 4.69) is 21.2 Å². The van der Waals surface area contributed by atoms with Crippen LogP contribution >= 0.6 is 15.9 Å². The Bertz CT molecular complexity index is 582.